The van der Waals surface area contributed by atoms with Gasteiger partial charge in [0.1, 0.15) is 0 Å². The molecule has 0 aromatic rings. The fourth-order valence-corrected chi connectivity index (χ4v) is 1.43. The lowest BCUT2D eigenvalue weighted by Gasteiger charge is -2.35. The number of likely N-dealkylation sites (N-methyl/N-ethyl adjacent to an activating group) is 1. The summed E-state index contributed by atoms with van der Waals surface area (Å²) in [5.41, 5.74) is 0. The zero-order valence-corrected chi connectivity index (χ0v) is 8.75. The number of hydrogen-bond donors (Lipinski definition) is 1. The lowest BCUT2D eigenvalue weighted by Crippen LogP contribution is -2.57. The quantitative estimate of drug-likeness (QED) is 0.514. The summed E-state index contributed by atoms with van der Waals surface area (Å²) in [5.74, 6) is 2.82. The minimum atomic E-state index is 0.244. The van der Waals surface area contributed by atoms with Gasteiger partial charge in [-0.15, -0.1) is 12.3 Å². The second-order valence-electron chi connectivity index (χ2n) is 3.73. The molecule has 0 aromatic carbocycles. The highest BCUT2D eigenvalue weighted by Gasteiger charge is 2.24. The highest BCUT2D eigenvalue weighted by atomic mass is 16.2. The zero-order chi connectivity index (χ0) is 10.4. The average molecular weight is 194 g/mol. The molecule has 0 aromatic heterocycles. The van der Waals surface area contributed by atoms with E-state index in [2.05, 4.69) is 11.2 Å². The molecule has 1 fully saturated rings. The number of carbonyl (C=O) groups is 1. The van der Waals surface area contributed by atoms with Crippen molar-refractivity contribution in [2.75, 3.05) is 20.1 Å². The zero-order valence-electron chi connectivity index (χ0n) is 8.75. The van der Waals surface area contributed by atoms with Crippen LogP contribution in [0.1, 0.15) is 25.7 Å². The Balaban J connectivity index is 2.11. The van der Waals surface area contributed by atoms with Crippen LogP contribution in [0.4, 0.5) is 0 Å². The lowest BCUT2D eigenvalue weighted by molar-refractivity contribution is -0.133. The highest BCUT2D eigenvalue weighted by Crippen LogP contribution is 2.07. The summed E-state index contributed by atoms with van der Waals surface area (Å²) in [5, 5.41) is 3.15. The van der Waals surface area contributed by atoms with Crippen LogP contribution in [0.25, 0.3) is 0 Å². The number of terminal acetylenes is 1. The van der Waals surface area contributed by atoms with Crippen LogP contribution in [0.15, 0.2) is 0 Å². The van der Waals surface area contributed by atoms with Gasteiger partial charge in [-0.25, -0.2) is 0 Å². The first-order chi connectivity index (χ1) is 6.75. The second kappa shape index (κ2) is 5.66. The van der Waals surface area contributed by atoms with Gasteiger partial charge in [-0.2, -0.15) is 0 Å². The fraction of sp³-hybridized carbons (Fsp3) is 0.727. The average Bonchev–Trinajstić information content (AvgIpc) is 2.09. The Bertz CT molecular complexity index is 228. The summed E-state index contributed by atoms with van der Waals surface area (Å²) >= 11 is 0. The molecular formula is C11H18N2O. The van der Waals surface area contributed by atoms with E-state index in [1.54, 1.807) is 0 Å². The molecule has 0 radical (unpaired) electrons. The van der Waals surface area contributed by atoms with Crippen molar-refractivity contribution in [2.45, 2.75) is 31.7 Å². The van der Waals surface area contributed by atoms with E-state index in [4.69, 9.17) is 6.42 Å². The molecule has 0 aliphatic carbocycles. The number of rotatable bonds is 5. The molecule has 3 nitrogen and oxygen atoms in total. The van der Waals surface area contributed by atoms with Gasteiger partial charge in [0.15, 0.2) is 0 Å². The van der Waals surface area contributed by atoms with Crippen molar-refractivity contribution in [1.82, 2.24) is 10.2 Å². The first-order valence-electron chi connectivity index (χ1n) is 5.15. The van der Waals surface area contributed by atoms with Crippen LogP contribution in [0.3, 0.4) is 0 Å². The smallest absolute Gasteiger partial charge is 0.222 e. The third-order valence-electron chi connectivity index (χ3n) is 2.66. The molecule has 0 spiro atoms. The molecule has 1 heterocycles. The van der Waals surface area contributed by atoms with Crippen LogP contribution in [0.5, 0.6) is 0 Å². The van der Waals surface area contributed by atoms with Crippen LogP contribution < -0.4 is 5.32 Å². The standard InChI is InChI=1S/C11H18N2O/c1-3-4-5-6-7-11(14)13(2)10-8-12-9-10/h1,10,12H,4-9H2,2H3. The van der Waals surface area contributed by atoms with E-state index in [-0.39, 0.29) is 5.91 Å². The van der Waals surface area contributed by atoms with Gasteiger partial charge in [0.05, 0.1) is 6.04 Å². The maximum Gasteiger partial charge on any atom is 0.222 e. The summed E-state index contributed by atoms with van der Waals surface area (Å²) in [6.07, 6.45) is 8.41. The Kier molecular flexibility index (Phi) is 4.48. The molecule has 0 atom stereocenters. The number of hydrogen-bond acceptors (Lipinski definition) is 2. The Morgan fingerprint density at radius 1 is 1.57 bits per heavy atom. The Hall–Kier alpha value is -1.01. The van der Waals surface area contributed by atoms with Crippen molar-refractivity contribution in [3.05, 3.63) is 0 Å². The molecule has 0 bridgehead atoms. The van der Waals surface area contributed by atoms with Crippen molar-refractivity contribution >= 4 is 5.91 Å². The molecule has 1 rings (SSSR count). The van der Waals surface area contributed by atoms with Gasteiger partial charge >= 0.3 is 0 Å². The predicted octanol–water partition coefficient (Wildman–Crippen LogP) is 0.610. The van der Waals surface area contributed by atoms with Crippen molar-refractivity contribution in [1.29, 1.82) is 0 Å². The van der Waals surface area contributed by atoms with E-state index in [1.165, 1.54) is 0 Å². The summed E-state index contributed by atoms with van der Waals surface area (Å²) in [6.45, 7) is 1.87. The van der Waals surface area contributed by atoms with Crippen LogP contribution >= 0.6 is 0 Å². The van der Waals surface area contributed by atoms with Crippen LogP contribution in [0.2, 0.25) is 0 Å². The van der Waals surface area contributed by atoms with Crippen LogP contribution in [0, 0.1) is 12.3 Å². The van der Waals surface area contributed by atoms with Crippen molar-refractivity contribution in [2.24, 2.45) is 0 Å². The van der Waals surface area contributed by atoms with Crippen molar-refractivity contribution in [3.8, 4) is 12.3 Å². The molecule has 14 heavy (non-hydrogen) atoms. The van der Waals surface area contributed by atoms with Gasteiger partial charge in [-0.1, -0.05) is 0 Å². The van der Waals surface area contributed by atoms with E-state index in [0.717, 1.165) is 32.4 Å². The van der Waals surface area contributed by atoms with Gasteiger partial charge in [-0.3, -0.25) is 4.79 Å². The van der Waals surface area contributed by atoms with Crippen LogP contribution in [-0.4, -0.2) is 37.0 Å². The highest BCUT2D eigenvalue weighted by molar-refractivity contribution is 5.76. The molecular weight excluding hydrogens is 176 g/mol. The molecule has 0 saturated carbocycles. The van der Waals surface area contributed by atoms with E-state index in [1.807, 2.05) is 11.9 Å². The maximum absolute atomic E-state index is 11.6. The Morgan fingerprint density at radius 2 is 2.29 bits per heavy atom. The molecule has 0 unspecified atom stereocenters. The number of nitrogens with one attached hydrogen (secondary N) is 1. The van der Waals surface area contributed by atoms with E-state index < -0.39 is 0 Å². The first kappa shape index (κ1) is 11.1. The summed E-state index contributed by atoms with van der Waals surface area (Å²) in [4.78, 5) is 13.4. The van der Waals surface area contributed by atoms with E-state index >= 15 is 0 Å². The van der Waals surface area contributed by atoms with Gasteiger partial charge in [0.25, 0.3) is 0 Å². The van der Waals surface area contributed by atoms with Gasteiger partial charge in [0, 0.05) is 33.0 Å². The van der Waals surface area contributed by atoms with Gasteiger partial charge in [-0.05, 0) is 12.8 Å². The minimum absolute atomic E-state index is 0.244. The largest absolute Gasteiger partial charge is 0.340 e. The Labute approximate surface area is 85.9 Å². The fourth-order valence-electron chi connectivity index (χ4n) is 1.43. The normalized spacial score (nSPS) is 15.7. The summed E-state index contributed by atoms with van der Waals surface area (Å²) in [6, 6.07) is 0.412. The van der Waals surface area contributed by atoms with Crippen molar-refractivity contribution in [3.63, 3.8) is 0 Å². The maximum atomic E-state index is 11.6. The number of nitrogens with zero attached hydrogens (tertiary/aromatic N) is 1. The minimum Gasteiger partial charge on any atom is -0.340 e. The van der Waals surface area contributed by atoms with Crippen molar-refractivity contribution < 1.29 is 4.79 Å². The summed E-state index contributed by atoms with van der Waals surface area (Å²) in [7, 11) is 1.88. The van der Waals surface area contributed by atoms with Crippen LogP contribution in [-0.2, 0) is 4.79 Å². The predicted molar refractivity (Wildman–Crippen MR) is 56.7 cm³/mol. The molecule has 1 N–H and O–H groups in total. The lowest BCUT2D eigenvalue weighted by atomic mass is 10.1. The van der Waals surface area contributed by atoms with Gasteiger partial charge < -0.3 is 10.2 Å². The molecule has 1 aliphatic rings. The molecule has 78 valence electrons. The molecule has 1 aliphatic heterocycles. The third-order valence-corrected chi connectivity index (χ3v) is 2.66. The SMILES string of the molecule is C#CCCCCC(=O)N(C)C1CNC1. The van der Waals surface area contributed by atoms with Gasteiger partial charge in [0.2, 0.25) is 5.91 Å². The molecule has 1 saturated heterocycles. The number of carbonyl (C=O) groups excluding carboxylic acids is 1. The molecule has 1 amide bonds. The second-order valence-corrected chi connectivity index (χ2v) is 3.73. The summed E-state index contributed by atoms with van der Waals surface area (Å²) < 4.78 is 0. The topological polar surface area (TPSA) is 32.3 Å². The first-order valence-corrected chi connectivity index (χ1v) is 5.15. The third kappa shape index (κ3) is 3.04. The van der Waals surface area contributed by atoms with E-state index in [0.29, 0.717) is 12.5 Å². The number of unbranched alkanes of at least 4 members (excludes halogenated alkanes) is 2. The number of amides is 1. The van der Waals surface area contributed by atoms with E-state index in [9.17, 15) is 4.79 Å². The Morgan fingerprint density at radius 3 is 2.79 bits per heavy atom. The monoisotopic (exact) mass is 194 g/mol. The molecule has 3 heteroatoms.